The molecule has 0 aliphatic rings. The largest absolute Gasteiger partial charge is 2.00 e. The Bertz CT molecular complexity index is 269. The second kappa shape index (κ2) is 4.50. The summed E-state index contributed by atoms with van der Waals surface area (Å²) in [5.41, 5.74) is 3.66. The molecule has 0 spiro atoms. The first kappa shape index (κ1) is 12.3. The van der Waals surface area contributed by atoms with Crippen molar-refractivity contribution < 1.29 is 19.5 Å². The molecular weight excluding hydrogens is 238 g/mol. The van der Waals surface area contributed by atoms with Gasteiger partial charge in [-0.25, -0.2) is 0 Å². The zero-order valence-electron chi connectivity index (χ0n) is 7.60. The molecule has 0 amide bonds. The Balaban J connectivity index is 0.00000121. The summed E-state index contributed by atoms with van der Waals surface area (Å²) in [5, 5.41) is 0. The minimum atomic E-state index is 0. The van der Waals surface area contributed by atoms with Crippen LogP contribution in [0, 0.1) is 20.8 Å². The summed E-state index contributed by atoms with van der Waals surface area (Å²) < 4.78 is 0. The van der Waals surface area contributed by atoms with Crippen molar-refractivity contribution in [2.75, 3.05) is 0 Å². The predicted molar refractivity (Wildman–Crippen MR) is 51.9 cm³/mol. The fourth-order valence-corrected chi connectivity index (χ4v) is 1.56. The van der Waals surface area contributed by atoms with Crippen molar-refractivity contribution in [2.24, 2.45) is 0 Å². The average molecular weight is 248 g/mol. The van der Waals surface area contributed by atoms with Crippen LogP contribution >= 0.6 is 0 Å². The molecule has 0 unspecified atom stereocenters. The SMILES string of the molecule is Cc1cc([S-])c([S-])c(C)c1C.[Zn+2]. The maximum Gasteiger partial charge on any atom is 2.00 e. The topological polar surface area (TPSA) is 0 Å². The van der Waals surface area contributed by atoms with Gasteiger partial charge in [-0.3, -0.25) is 0 Å². The van der Waals surface area contributed by atoms with Gasteiger partial charge in [0.15, 0.2) is 0 Å². The Hall–Kier alpha value is 0.283. The first-order valence-electron chi connectivity index (χ1n) is 3.49. The van der Waals surface area contributed by atoms with Crippen LogP contribution in [-0.2, 0) is 44.7 Å². The maximum absolute atomic E-state index is 5.14. The Kier molecular flexibility index (Phi) is 4.61. The molecule has 0 heterocycles. The smallest absolute Gasteiger partial charge is 0.781 e. The zero-order valence-corrected chi connectivity index (χ0v) is 12.2. The number of hydrogen-bond donors (Lipinski definition) is 0. The van der Waals surface area contributed by atoms with E-state index < -0.39 is 0 Å². The van der Waals surface area contributed by atoms with Crippen molar-refractivity contribution in [2.45, 2.75) is 30.6 Å². The van der Waals surface area contributed by atoms with Gasteiger partial charge in [0.05, 0.1) is 0 Å². The number of rotatable bonds is 0. The molecular formula is C9H10S2Zn. The van der Waals surface area contributed by atoms with Gasteiger partial charge < -0.3 is 25.3 Å². The number of aryl methyl sites for hydroxylation is 1. The Morgan fingerprint density at radius 2 is 1.50 bits per heavy atom. The molecule has 1 aromatic rings. The minimum absolute atomic E-state index is 0. The first-order valence-corrected chi connectivity index (χ1v) is 4.30. The van der Waals surface area contributed by atoms with E-state index in [9.17, 15) is 0 Å². The van der Waals surface area contributed by atoms with Crippen molar-refractivity contribution >= 4 is 25.3 Å². The molecule has 0 nitrogen and oxygen atoms in total. The van der Waals surface area contributed by atoms with Crippen LogP contribution in [0.4, 0.5) is 0 Å². The molecule has 0 aliphatic heterocycles. The third-order valence-corrected chi connectivity index (χ3v) is 3.04. The molecule has 0 aliphatic carbocycles. The van der Waals surface area contributed by atoms with Gasteiger partial charge in [-0.2, -0.15) is 9.79 Å². The number of benzene rings is 1. The van der Waals surface area contributed by atoms with Crippen LogP contribution in [0.3, 0.4) is 0 Å². The third kappa shape index (κ3) is 2.15. The molecule has 0 saturated heterocycles. The van der Waals surface area contributed by atoms with Gasteiger partial charge in [-0.1, -0.05) is 11.6 Å². The summed E-state index contributed by atoms with van der Waals surface area (Å²) in [6, 6.07) is 1.97. The van der Waals surface area contributed by atoms with Crippen LogP contribution in [0.15, 0.2) is 15.9 Å². The molecule has 0 fully saturated rings. The molecule has 3 heteroatoms. The molecule has 0 radical (unpaired) electrons. The molecule has 0 bridgehead atoms. The fourth-order valence-electron chi connectivity index (χ4n) is 1.02. The fraction of sp³-hybridized carbons (Fsp3) is 0.333. The van der Waals surface area contributed by atoms with Crippen molar-refractivity contribution in [1.82, 2.24) is 0 Å². The van der Waals surface area contributed by atoms with E-state index in [2.05, 4.69) is 13.8 Å². The van der Waals surface area contributed by atoms with E-state index in [1.165, 1.54) is 11.1 Å². The second-order valence-corrected chi connectivity index (χ2v) is 3.62. The average Bonchev–Trinajstić information content (AvgIpc) is 1.97. The van der Waals surface area contributed by atoms with E-state index in [4.69, 9.17) is 25.3 Å². The first-order chi connectivity index (χ1) is 5.04. The van der Waals surface area contributed by atoms with E-state index in [1.807, 2.05) is 13.0 Å². The molecule has 0 N–H and O–H groups in total. The summed E-state index contributed by atoms with van der Waals surface area (Å²) in [6.07, 6.45) is 0. The summed E-state index contributed by atoms with van der Waals surface area (Å²) in [4.78, 5) is 1.64. The van der Waals surface area contributed by atoms with Crippen LogP contribution < -0.4 is 0 Å². The van der Waals surface area contributed by atoms with Gasteiger partial charge in [0.1, 0.15) is 0 Å². The molecule has 1 rings (SSSR count). The maximum atomic E-state index is 5.14. The summed E-state index contributed by atoms with van der Waals surface area (Å²) in [5.74, 6) is 0. The van der Waals surface area contributed by atoms with Crippen LogP contribution in [0.5, 0.6) is 0 Å². The Morgan fingerprint density at radius 1 is 1.00 bits per heavy atom. The normalized spacial score (nSPS) is 9.25. The quantitative estimate of drug-likeness (QED) is 0.510. The van der Waals surface area contributed by atoms with E-state index in [1.54, 1.807) is 0 Å². The van der Waals surface area contributed by atoms with Crippen LogP contribution in [0.2, 0.25) is 0 Å². The molecule has 12 heavy (non-hydrogen) atoms. The molecule has 1 aromatic carbocycles. The molecule has 0 saturated carbocycles. The summed E-state index contributed by atoms with van der Waals surface area (Å²) >= 11 is 10.2. The van der Waals surface area contributed by atoms with Crippen molar-refractivity contribution in [3.63, 3.8) is 0 Å². The number of hydrogen-bond acceptors (Lipinski definition) is 2. The molecule has 0 atom stereocenters. The Morgan fingerprint density at radius 3 is 2.00 bits per heavy atom. The van der Waals surface area contributed by atoms with Gasteiger partial charge in [0.2, 0.25) is 0 Å². The van der Waals surface area contributed by atoms with E-state index >= 15 is 0 Å². The monoisotopic (exact) mass is 246 g/mol. The van der Waals surface area contributed by atoms with Gasteiger partial charge in [-0.15, -0.1) is 0 Å². The summed E-state index contributed by atoms with van der Waals surface area (Å²) in [6.45, 7) is 6.17. The van der Waals surface area contributed by atoms with Crippen molar-refractivity contribution in [1.29, 1.82) is 0 Å². The molecule has 60 valence electrons. The van der Waals surface area contributed by atoms with Crippen LogP contribution in [0.1, 0.15) is 16.7 Å². The standard InChI is InChI=1S/C9H12S2.Zn/c1-5-4-8(10)9(11)7(3)6(5)2;/h4,10-11H,1-3H3;/q;+2/p-2. The third-order valence-electron chi connectivity index (χ3n) is 2.07. The van der Waals surface area contributed by atoms with Crippen LogP contribution in [0.25, 0.3) is 0 Å². The second-order valence-electron chi connectivity index (χ2n) is 2.77. The van der Waals surface area contributed by atoms with E-state index in [0.29, 0.717) is 0 Å². The van der Waals surface area contributed by atoms with E-state index in [-0.39, 0.29) is 19.5 Å². The predicted octanol–water partition coefficient (Wildman–Crippen LogP) is 2.42. The van der Waals surface area contributed by atoms with Gasteiger partial charge in [0, 0.05) is 0 Å². The minimum Gasteiger partial charge on any atom is -0.781 e. The summed E-state index contributed by atoms with van der Waals surface area (Å²) in [7, 11) is 0. The molecule has 0 aromatic heterocycles. The van der Waals surface area contributed by atoms with Crippen LogP contribution in [-0.4, -0.2) is 0 Å². The Labute approximate surface area is 97.7 Å². The van der Waals surface area contributed by atoms with Gasteiger partial charge in [-0.05, 0) is 31.9 Å². The van der Waals surface area contributed by atoms with E-state index in [0.717, 1.165) is 15.4 Å². The van der Waals surface area contributed by atoms with Gasteiger partial charge >= 0.3 is 19.5 Å². The van der Waals surface area contributed by atoms with Gasteiger partial charge in [0.25, 0.3) is 0 Å². The van der Waals surface area contributed by atoms with Crippen molar-refractivity contribution in [3.8, 4) is 0 Å². The van der Waals surface area contributed by atoms with Crippen molar-refractivity contribution in [3.05, 3.63) is 22.8 Å². The zero-order chi connectivity index (χ0) is 8.59.